The van der Waals surface area contributed by atoms with Crippen LogP contribution in [0.5, 0.6) is 5.88 Å². The van der Waals surface area contributed by atoms with Crippen molar-refractivity contribution in [2.45, 2.75) is 43.4 Å². The first-order chi connectivity index (χ1) is 15.7. The number of β-amino-alcohol motifs (C(OH)–C–C–N with tert-alkyl or cyclic N) is 1. The lowest BCUT2D eigenvalue weighted by atomic mass is 9.75. The number of nitrogens with zero attached hydrogens (tertiary/aromatic N) is 2. The topological polar surface area (TPSA) is 104 Å². The van der Waals surface area contributed by atoms with Crippen molar-refractivity contribution in [1.29, 1.82) is 0 Å². The van der Waals surface area contributed by atoms with Crippen molar-refractivity contribution >= 4 is 17.5 Å². The third-order valence-corrected chi connectivity index (χ3v) is 6.33. The molecule has 1 unspecified atom stereocenters. The first-order valence-electron chi connectivity index (χ1n) is 10.9. The van der Waals surface area contributed by atoms with E-state index in [1.165, 1.54) is 23.4 Å². The maximum atomic E-state index is 13.3. The summed E-state index contributed by atoms with van der Waals surface area (Å²) in [5, 5.41) is 15.6. The van der Waals surface area contributed by atoms with Crippen molar-refractivity contribution in [2.75, 3.05) is 25.0 Å². The summed E-state index contributed by atoms with van der Waals surface area (Å²) in [4.78, 5) is 31.0. The van der Waals surface area contributed by atoms with Crippen LogP contribution in [0.2, 0.25) is 0 Å². The summed E-state index contributed by atoms with van der Waals surface area (Å²) in [5.74, 6) is -4.07. The highest BCUT2D eigenvalue weighted by Crippen LogP contribution is 2.51. The Labute approximate surface area is 188 Å². The number of rotatable bonds is 5. The van der Waals surface area contributed by atoms with Crippen molar-refractivity contribution in [3.63, 3.8) is 0 Å². The Kier molecular flexibility index (Phi) is 5.29. The van der Waals surface area contributed by atoms with Crippen molar-refractivity contribution in [3.05, 3.63) is 53.2 Å². The van der Waals surface area contributed by atoms with Gasteiger partial charge in [-0.15, -0.1) is 0 Å². The van der Waals surface area contributed by atoms with Gasteiger partial charge in [0.2, 0.25) is 11.5 Å². The average molecular weight is 458 g/mol. The van der Waals surface area contributed by atoms with Crippen LogP contribution in [0.1, 0.15) is 34.3 Å². The van der Waals surface area contributed by atoms with Gasteiger partial charge in [-0.05, 0) is 23.6 Å². The summed E-state index contributed by atoms with van der Waals surface area (Å²) in [6, 6.07) is 9.60. The Hall–Kier alpha value is -3.11. The molecule has 1 spiro atoms. The van der Waals surface area contributed by atoms with Gasteiger partial charge in [0.25, 0.3) is 17.7 Å². The summed E-state index contributed by atoms with van der Waals surface area (Å²) in [6.07, 6.45) is 0.0195. The molecule has 174 valence electrons. The van der Waals surface area contributed by atoms with Crippen LogP contribution in [-0.4, -0.2) is 64.1 Å². The van der Waals surface area contributed by atoms with Crippen molar-refractivity contribution in [1.82, 2.24) is 15.2 Å². The number of anilines is 1. The minimum Gasteiger partial charge on any atom is -0.459 e. The Morgan fingerprint density at radius 2 is 2.06 bits per heavy atom. The fourth-order valence-corrected chi connectivity index (χ4v) is 4.62. The fourth-order valence-electron chi connectivity index (χ4n) is 4.62. The third kappa shape index (κ3) is 4.28. The van der Waals surface area contributed by atoms with Gasteiger partial charge in [0.15, 0.2) is 0 Å². The molecule has 3 aliphatic rings. The molecule has 3 N–H and O–H groups in total. The molecule has 1 aromatic carbocycles. The van der Waals surface area contributed by atoms with Crippen LogP contribution in [0.15, 0.2) is 36.5 Å². The second-order valence-corrected chi connectivity index (χ2v) is 8.95. The lowest BCUT2D eigenvalue weighted by molar-refractivity contribution is -0.197. The van der Waals surface area contributed by atoms with E-state index in [2.05, 4.69) is 32.7 Å². The summed E-state index contributed by atoms with van der Waals surface area (Å²) < 4.78 is 32.1. The number of hydrogen-bond acceptors (Lipinski definition) is 6. The molecule has 3 heterocycles. The minimum atomic E-state index is -2.94. The number of halogens is 2. The molecule has 33 heavy (non-hydrogen) atoms. The van der Waals surface area contributed by atoms with Crippen LogP contribution >= 0.6 is 0 Å². The monoisotopic (exact) mass is 458 g/mol. The van der Waals surface area contributed by atoms with Crippen LogP contribution in [0.25, 0.3) is 0 Å². The van der Waals surface area contributed by atoms with E-state index in [9.17, 15) is 23.5 Å². The van der Waals surface area contributed by atoms with Gasteiger partial charge in [0.05, 0.1) is 24.5 Å². The quantitative estimate of drug-likeness (QED) is 0.631. The molecule has 10 heteroatoms. The van der Waals surface area contributed by atoms with Crippen LogP contribution in [-0.2, 0) is 17.8 Å². The molecule has 1 fully saturated rings. The zero-order chi connectivity index (χ0) is 23.2. The van der Waals surface area contributed by atoms with Gasteiger partial charge in [-0.25, -0.2) is 13.8 Å². The van der Waals surface area contributed by atoms with Crippen molar-refractivity contribution in [3.8, 4) is 5.88 Å². The summed E-state index contributed by atoms with van der Waals surface area (Å²) in [5.41, 5.74) is 1.28. The molecule has 8 nitrogen and oxygen atoms in total. The van der Waals surface area contributed by atoms with Crippen LogP contribution < -0.4 is 15.4 Å². The zero-order valence-corrected chi connectivity index (χ0v) is 17.8. The number of fused-ring (bicyclic) bond motifs is 2. The van der Waals surface area contributed by atoms with Gasteiger partial charge in [0.1, 0.15) is 5.69 Å². The van der Waals surface area contributed by atoms with E-state index >= 15 is 0 Å². The molecular formula is C23H24F2N4O4. The lowest BCUT2D eigenvalue weighted by Gasteiger charge is -2.47. The Balaban J connectivity index is 1.15. The molecule has 0 bridgehead atoms. The normalized spacial score (nSPS) is 21.1. The van der Waals surface area contributed by atoms with Crippen LogP contribution in [0.3, 0.4) is 0 Å². The summed E-state index contributed by atoms with van der Waals surface area (Å²) >= 11 is 0. The van der Waals surface area contributed by atoms with Gasteiger partial charge in [-0.2, -0.15) is 0 Å². The molecule has 5 rings (SSSR count). The Morgan fingerprint density at radius 1 is 1.30 bits per heavy atom. The predicted molar refractivity (Wildman–Crippen MR) is 114 cm³/mol. The number of carbonyl (C=O) groups excluding carboxylic acids is 2. The Bertz CT molecular complexity index is 1100. The standard InChI is InChI=1S/C23H24F2N4O4/c24-23(25)12-22(13-23)21(32)28-18-7-16(8-27-20(18)33-22)19(31)26-9-17(30)11-29-6-5-14-3-1-2-4-15(14)10-29/h1-4,7-8,17,30H,5-6,9-13H2,(H,26,31)(H,28,32). The second kappa shape index (κ2) is 8.03. The molecule has 0 saturated heterocycles. The smallest absolute Gasteiger partial charge is 0.269 e. The highest BCUT2D eigenvalue weighted by Gasteiger charge is 2.64. The van der Waals surface area contributed by atoms with Crippen LogP contribution in [0.4, 0.5) is 14.5 Å². The van der Waals surface area contributed by atoms with E-state index in [1.54, 1.807) is 0 Å². The molecule has 1 aliphatic carbocycles. The average Bonchev–Trinajstić information content (AvgIpc) is 2.76. The van der Waals surface area contributed by atoms with E-state index in [-0.39, 0.29) is 23.7 Å². The number of aliphatic hydroxyl groups excluding tert-OH is 1. The van der Waals surface area contributed by atoms with Gasteiger partial charge < -0.3 is 20.5 Å². The number of aliphatic hydroxyl groups is 1. The zero-order valence-electron chi connectivity index (χ0n) is 17.8. The molecule has 2 amide bonds. The minimum absolute atomic E-state index is 0.00654. The first kappa shape index (κ1) is 21.7. The Morgan fingerprint density at radius 3 is 2.82 bits per heavy atom. The highest BCUT2D eigenvalue weighted by atomic mass is 19.3. The third-order valence-electron chi connectivity index (χ3n) is 6.33. The highest BCUT2D eigenvalue weighted by molar-refractivity contribution is 6.03. The fraction of sp³-hybridized carbons (Fsp3) is 0.435. The van der Waals surface area contributed by atoms with E-state index in [0.717, 1.165) is 19.5 Å². The molecule has 2 aliphatic heterocycles. The number of amides is 2. The van der Waals surface area contributed by atoms with Gasteiger partial charge in [-0.1, -0.05) is 24.3 Å². The van der Waals surface area contributed by atoms with E-state index in [0.29, 0.717) is 6.54 Å². The molecule has 1 aromatic heterocycles. The number of hydrogen-bond donors (Lipinski definition) is 3. The summed E-state index contributed by atoms with van der Waals surface area (Å²) in [7, 11) is 0. The number of ether oxygens (including phenoxy) is 1. The predicted octanol–water partition coefficient (Wildman–Crippen LogP) is 1.73. The first-order valence-corrected chi connectivity index (χ1v) is 10.9. The van der Waals surface area contributed by atoms with Gasteiger partial charge in [-0.3, -0.25) is 14.5 Å². The molecule has 0 radical (unpaired) electrons. The second-order valence-electron chi connectivity index (χ2n) is 8.95. The van der Waals surface area contributed by atoms with E-state index in [1.807, 2.05) is 12.1 Å². The maximum absolute atomic E-state index is 13.3. The number of carbonyl (C=O) groups is 2. The number of aromatic nitrogens is 1. The van der Waals surface area contributed by atoms with E-state index < -0.39 is 42.3 Å². The molecule has 1 saturated carbocycles. The lowest BCUT2D eigenvalue weighted by Crippen LogP contribution is -2.64. The number of pyridine rings is 1. The van der Waals surface area contributed by atoms with Crippen molar-refractivity contribution < 1.29 is 28.2 Å². The number of benzene rings is 1. The van der Waals surface area contributed by atoms with Gasteiger partial charge in [0, 0.05) is 32.4 Å². The van der Waals surface area contributed by atoms with Crippen LogP contribution in [0, 0.1) is 0 Å². The summed E-state index contributed by atoms with van der Waals surface area (Å²) in [6.45, 7) is 2.07. The maximum Gasteiger partial charge on any atom is 0.269 e. The molecule has 2 aromatic rings. The molecule has 1 atom stereocenters. The number of nitrogens with one attached hydrogen (secondary N) is 2. The van der Waals surface area contributed by atoms with Gasteiger partial charge >= 0.3 is 0 Å². The number of alkyl halides is 2. The molecular weight excluding hydrogens is 434 g/mol. The van der Waals surface area contributed by atoms with E-state index in [4.69, 9.17) is 4.74 Å². The SMILES string of the molecule is O=C(NCC(O)CN1CCc2ccccc2C1)c1cnc2c(c1)NC(=O)C1(CC(F)(F)C1)O2. The largest absolute Gasteiger partial charge is 0.459 e. The van der Waals surface area contributed by atoms with Crippen molar-refractivity contribution in [2.24, 2.45) is 0 Å².